The summed E-state index contributed by atoms with van der Waals surface area (Å²) in [6.07, 6.45) is 3.63. The Morgan fingerprint density at radius 1 is 1.07 bits per heavy atom. The molecule has 1 saturated heterocycles. The Kier molecular flexibility index (Phi) is 8.11. The van der Waals surface area contributed by atoms with Crippen LogP contribution in [-0.2, 0) is 14.3 Å². The second kappa shape index (κ2) is 11.9. The largest absolute Gasteiger partial charge is 0.465 e. The molecule has 3 heterocycles. The number of methoxy groups -OCH3 is 2. The minimum Gasteiger partial charge on any atom is -0.465 e. The van der Waals surface area contributed by atoms with Crippen LogP contribution in [0.15, 0.2) is 85.2 Å². The lowest BCUT2D eigenvalue weighted by Crippen LogP contribution is -2.30. The Balaban J connectivity index is 1.62. The van der Waals surface area contributed by atoms with Crippen molar-refractivity contribution in [3.8, 4) is 5.69 Å². The number of anilines is 2. The van der Waals surface area contributed by atoms with Crippen molar-refractivity contribution in [1.29, 1.82) is 0 Å². The van der Waals surface area contributed by atoms with Crippen molar-refractivity contribution in [2.45, 2.75) is 12.1 Å². The van der Waals surface area contributed by atoms with E-state index >= 15 is 0 Å². The molecule has 0 radical (unpaired) electrons. The number of carbonyl (C=O) groups excluding carboxylic acids is 2. The van der Waals surface area contributed by atoms with Crippen LogP contribution in [0.2, 0.25) is 5.02 Å². The highest BCUT2D eigenvalue weighted by molar-refractivity contribution is 7.80. The number of nitrogens with one attached hydrogen (secondary N) is 2. The van der Waals surface area contributed by atoms with Gasteiger partial charge >= 0.3 is 5.97 Å². The fourth-order valence-electron chi connectivity index (χ4n) is 4.83. The molecule has 2 aromatic heterocycles. The highest BCUT2D eigenvalue weighted by atomic mass is 35.5. The number of thiocarbonyl (C=S) groups is 1. The van der Waals surface area contributed by atoms with Crippen LogP contribution in [0.5, 0.6) is 0 Å². The van der Waals surface area contributed by atoms with Gasteiger partial charge in [-0.3, -0.25) is 9.78 Å². The smallest absolute Gasteiger partial charge is 0.339 e. The van der Waals surface area contributed by atoms with E-state index < -0.39 is 5.97 Å². The molecular formula is C29H26ClN5O4S. The summed E-state index contributed by atoms with van der Waals surface area (Å²) < 4.78 is 11.9. The molecule has 204 valence electrons. The summed E-state index contributed by atoms with van der Waals surface area (Å²) in [6, 6.07) is 21.5. The van der Waals surface area contributed by atoms with Gasteiger partial charge in [0.05, 0.1) is 40.8 Å². The van der Waals surface area contributed by atoms with Gasteiger partial charge in [-0.25, -0.2) is 4.79 Å². The van der Waals surface area contributed by atoms with E-state index in [-0.39, 0.29) is 24.6 Å². The maximum atomic E-state index is 12.6. The Morgan fingerprint density at radius 2 is 1.88 bits per heavy atom. The summed E-state index contributed by atoms with van der Waals surface area (Å²) in [5, 5.41) is 6.99. The van der Waals surface area contributed by atoms with Crippen molar-refractivity contribution in [3.63, 3.8) is 0 Å². The summed E-state index contributed by atoms with van der Waals surface area (Å²) in [7, 11) is 2.81. The molecule has 0 spiro atoms. The van der Waals surface area contributed by atoms with Crippen LogP contribution in [0.3, 0.4) is 0 Å². The standard InChI is InChI=1S/C29H26ClN5O4S/c1-38-17-25(36)32-21-13-12-18(16-20(21)30)35-27(26(33-29(35)40)22-9-5-6-14-31-22)24-11-7-15-34(24)23-10-4-3-8-19(23)28(37)39-2/h3-16,26-27H,17H2,1-2H3,(H,32,36)(H,33,40). The molecule has 40 heavy (non-hydrogen) atoms. The number of aromatic nitrogens is 2. The molecule has 1 aliphatic heterocycles. The Labute approximate surface area is 241 Å². The van der Waals surface area contributed by atoms with E-state index in [1.165, 1.54) is 14.2 Å². The van der Waals surface area contributed by atoms with E-state index in [1.54, 1.807) is 30.5 Å². The summed E-state index contributed by atoms with van der Waals surface area (Å²) in [6.45, 7) is -0.0872. The number of hydrogen-bond donors (Lipinski definition) is 2. The molecule has 1 fully saturated rings. The summed E-state index contributed by atoms with van der Waals surface area (Å²) in [4.78, 5) is 31.3. The van der Waals surface area contributed by atoms with Gasteiger partial charge in [-0.1, -0.05) is 29.8 Å². The van der Waals surface area contributed by atoms with Crippen molar-refractivity contribution in [3.05, 3.63) is 107 Å². The highest BCUT2D eigenvalue weighted by Crippen LogP contribution is 2.43. The monoisotopic (exact) mass is 575 g/mol. The SMILES string of the molecule is COCC(=O)Nc1ccc(N2C(=S)NC(c3ccccn3)C2c2cccn2-c2ccccc2C(=O)OC)cc1Cl. The van der Waals surface area contributed by atoms with Crippen LogP contribution in [0.1, 0.15) is 33.8 Å². The van der Waals surface area contributed by atoms with E-state index in [9.17, 15) is 9.59 Å². The molecule has 0 bridgehead atoms. The molecule has 1 amide bonds. The minimum absolute atomic E-state index is 0.0872. The van der Waals surface area contributed by atoms with Gasteiger partial charge in [0, 0.05) is 30.9 Å². The van der Waals surface area contributed by atoms with Crippen LogP contribution in [-0.4, -0.2) is 47.4 Å². The Morgan fingerprint density at radius 3 is 2.60 bits per heavy atom. The topological polar surface area (TPSA) is 97.7 Å². The summed E-state index contributed by atoms with van der Waals surface area (Å²) >= 11 is 12.5. The third-order valence-corrected chi connectivity index (χ3v) is 7.16. The number of nitrogens with zero attached hydrogens (tertiary/aromatic N) is 3. The number of hydrogen-bond acceptors (Lipinski definition) is 6. The second-order valence-corrected chi connectivity index (χ2v) is 9.75. The van der Waals surface area contributed by atoms with Crippen LogP contribution in [0, 0.1) is 0 Å². The van der Waals surface area contributed by atoms with Crippen molar-refractivity contribution in [2.24, 2.45) is 0 Å². The van der Waals surface area contributed by atoms with E-state index in [2.05, 4.69) is 15.6 Å². The second-order valence-electron chi connectivity index (χ2n) is 8.95. The molecular weight excluding hydrogens is 550 g/mol. The van der Waals surface area contributed by atoms with Gasteiger partial charge in [-0.2, -0.15) is 0 Å². The fourth-order valence-corrected chi connectivity index (χ4v) is 5.39. The predicted octanol–water partition coefficient (Wildman–Crippen LogP) is 5.07. The first kappa shape index (κ1) is 27.3. The van der Waals surface area contributed by atoms with Gasteiger partial charge in [0.2, 0.25) is 5.91 Å². The summed E-state index contributed by atoms with van der Waals surface area (Å²) in [5.41, 5.74) is 3.91. The first-order valence-corrected chi connectivity index (χ1v) is 13.2. The highest BCUT2D eigenvalue weighted by Gasteiger charge is 2.42. The quantitative estimate of drug-likeness (QED) is 0.222. The van der Waals surface area contributed by atoms with Gasteiger partial charge in [0.25, 0.3) is 0 Å². The van der Waals surface area contributed by atoms with Gasteiger partial charge in [-0.15, -0.1) is 0 Å². The lowest BCUT2D eigenvalue weighted by atomic mass is 10.0. The maximum absolute atomic E-state index is 12.6. The number of amides is 1. The number of benzene rings is 2. The van der Waals surface area contributed by atoms with E-state index in [1.807, 2.05) is 64.2 Å². The molecule has 11 heteroatoms. The lowest BCUT2D eigenvalue weighted by Gasteiger charge is -2.29. The molecule has 0 aliphatic carbocycles. The first-order chi connectivity index (χ1) is 19.4. The van der Waals surface area contributed by atoms with Gasteiger partial charge in [0.15, 0.2) is 5.11 Å². The Hall–Kier alpha value is -4.25. The number of ether oxygens (including phenoxy) is 2. The Bertz CT molecular complexity index is 1560. The van der Waals surface area contributed by atoms with Crippen molar-refractivity contribution >= 4 is 52.2 Å². The number of para-hydroxylation sites is 1. The average Bonchev–Trinajstić information content (AvgIpc) is 3.58. The number of pyridine rings is 1. The van der Waals surface area contributed by atoms with Crippen LogP contribution in [0.25, 0.3) is 5.69 Å². The molecule has 1 aliphatic rings. The molecule has 9 nitrogen and oxygen atoms in total. The van der Waals surface area contributed by atoms with E-state index in [4.69, 9.17) is 33.3 Å². The fraction of sp³-hybridized carbons (Fsp3) is 0.172. The molecule has 5 rings (SSSR count). The lowest BCUT2D eigenvalue weighted by molar-refractivity contribution is -0.119. The maximum Gasteiger partial charge on any atom is 0.339 e. The molecule has 0 saturated carbocycles. The average molecular weight is 576 g/mol. The molecule has 4 aromatic rings. The normalized spacial score (nSPS) is 16.5. The first-order valence-electron chi connectivity index (χ1n) is 12.4. The van der Waals surface area contributed by atoms with Gasteiger partial charge in [-0.05, 0) is 66.8 Å². The third kappa shape index (κ3) is 5.29. The van der Waals surface area contributed by atoms with Gasteiger partial charge < -0.3 is 29.6 Å². The molecule has 2 atom stereocenters. The molecule has 2 unspecified atom stereocenters. The minimum atomic E-state index is -0.439. The number of halogens is 1. The number of esters is 1. The molecule has 2 aromatic carbocycles. The van der Waals surface area contributed by atoms with E-state index in [0.29, 0.717) is 32.8 Å². The summed E-state index contributed by atoms with van der Waals surface area (Å²) in [5.74, 6) is -0.753. The van der Waals surface area contributed by atoms with Crippen molar-refractivity contribution < 1.29 is 19.1 Å². The molecule has 2 N–H and O–H groups in total. The van der Waals surface area contributed by atoms with Crippen LogP contribution >= 0.6 is 23.8 Å². The van der Waals surface area contributed by atoms with Crippen molar-refractivity contribution in [2.75, 3.05) is 31.0 Å². The van der Waals surface area contributed by atoms with E-state index in [0.717, 1.165) is 11.4 Å². The van der Waals surface area contributed by atoms with Crippen LogP contribution in [0.4, 0.5) is 11.4 Å². The van der Waals surface area contributed by atoms with Crippen LogP contribution < -0.4 is 15.5 Å². The zero-order valence-corrected chi connectivity index (χ0v) is 23.3. The van der Waals surface area contributed by atoms with Crippen molar-refractivity contribution in [1.82, 2.24) is 14.9 Å². The van der Waals surface area contributed by atoms with Gasteiger partial charge in [0.1, 0.15) is 12.6 Å². The third-order valence-electron chi connectivity index (χ3n) is 6.53. The zero-order valence-electron chi connectivity index (χ0n) is 21.7. The number of carbonyl (C=O) groups is 2. The number of rotatable bonds is 8. The zero-order chi connectivity index (χ0) is 28.2. The predicted molar refractivity (Wildman–Crippen MR) is 157 cm³/mol.